The number of piperidine rings is 2. The molecule has 0 saturated carbocycles. The van der Waals surface area contributed by atoms with Gasteiger partial charge in [-0.25, -0.2) is 26.5 Å². The van der Waals surface area contributed by atoms with Gasteiger partial charge in [0.1, 0.15) is 20.4 Å². The Morgan fingerprint density at radius 3 is 2.30 bits per heavy atom. The van der Waals surface area contributed by atoms with Gasteiger partial charge in [-0.3, -0.25) is 4.79 Å². The minimum atomic E-state index is -4.69. The minimum Gasteiger partial charge on any atom is -0.480 e. The zero-order chi connectivity index (χ0) is 38.4. The largest absolute Gasteiger partial charge is 0.480 e. The van der Waals surface area contributed by atoms with Crippen molar-refractivity contribution in [2.75, 3.05) is 31.1 Å². The lowest BCUT2D eigenvalue weighted by atomic mass is 9.89. The molecule has 0 aliphatic carbocycles. The molecule has 2 aromatic heterocycles. The molecule has 10 nitrogen and oxygen atoms in total. The Labute approximate surface area is 326 Å². The zero-order valence-corrected chi connectivity index (χ0v) is 33.6. The molecule has 0 spiro atoms. The average molecular weight is 884 g/mol. The number of benzene rings is 1. The number of aromatic nitrogens is 1. The molecule has 4 heterocycles. The van der Waals surface area contributed by atoms with Crippen LogP contribution in [0.25, 0.3) is 0 Å². The highest BCUT2D eigenvalue weighted by Crippen LogP contribution is 2.39. The molecule has 2 fully saturated rings. The molecular weight excluding hydrogens is 841 g/mol. The number of nitrogens with one attached hydrogen (secondary N) is 1. The predicted octanol–water partition coefficient (Wildman–Crippen LogP) is 7.83. The number of unbranched alkanes of at least 4 members (excludes halogenated alkanes) is 3. The second-order valence-corrected chi connectivity index (χ2v) is 20.3. The maximum atomic E-state index is 14.0. The van der Waals surface area contributed by atoms with Crippen molar-refractivity contribution in [1.29, 1.82) is 0 Å². The number of nitrogens with zero attached hydrogens (tertiary/aromatic N) is 3. The lowest BCUT2D eigenvalue weighted by Gasteiger charge is -2.40. The Hall–Kier alpha value is -2.28. The van der Waals surface area contributed by atoms with Crippen LogP contribution in [0.3, 0.4) is 0 Å². The predicted molar refractivity (Wildman–Crippen MR) is 203 cm³/mol. The number of carbonyl (C=O) groups is 1. The number of hydrogen-bond acceptors (Lipinski definition) is 8. The van der Waals surface area contributed by atoms with Crippen LogP contribution >= 0.6 is 38.9 Å². The quantitative estimate of drug-likeness (QED) is 0.139. The van der Waals surface area contributed by atoms with Crippen molar-refractivity contribution in [3.63, 3.8) is 0 Å². The summed E-state index contributed by atoms with van der Waals surface area (Å²) in [5.41, 5.74) is -0.330. The molecule has 0 radical (unpaired) electrons. The van der Waals surface area contributed by atoms with Crippen LogP contribution in [0.1, 0.15) is 68.9 Å². The number of rotatable bonds is 16. The van der Waals surface area contributed by atoms with E-state index >= 15 is 0 Å². The molecule has 2 saturated heterocycles. The number of hydrogen-bond donors (Lipinski definition) is 2. The van der Waals surface area contributed by atoms with Crippen LogP contribution in [-0.4, -0.2) is 74.7 Å². The number of anilines is 1. The Morgan fingerprint density at radius 2 is 1.68 bits per heavy atom. The molecule has 18 heteroatoms. The van der Waals surface area contributed by atoms with E-state index in [1.54, 1.807) is 30.3 Å². The summed E-state index contributed by atoms with van der Waals surface area (Å²) in [5, 5.41) is 8.77. The van der Waals surface area contributed by atoms with Crippen molar-refractivity contribution in [2.45, 2.75) is 85.9 Å². The van der Waals surface area contributed by atoms with Crippen LogP contribution in [0.2, 0.25) is 4.34 Å². The molecule has 53 heavy (non-hydrogen) atoms. The van der Waals surface area contributed by atoms with E-state index in [2.05, 4.69) is 25.6 Å². The van der Waals surface area contributed by atoms with Crippen molar-refractivity contribution in [3.05, 3.63) is 74.7 Å². The lowest BCUT2D eigenvalue weighted by Crippen LogP contribution is -2.55. The second-order valence-electron chi connectivity index (χ2n) is 13.7. The van der Waals surface area contributed by atoms with E-state index in [-0.39, 0.29) is 29.5 Å². The monoisotopic (exact) mass is 882 g/mol. The van der Waals surface area contributed by atoms with Gasteiger partial charge in [-0.2, -0.15) is 17.5 Å². The minimum absolute atomic E-state index is 0.0920. The van der Waals surface area contributed by atoms with Gasteiger partial charge in [0.25, 0.3) is 10.0 Å². The maximum Gasteiger partial charge on any atom is 0.419 e. The topological polar surface area (TPSA) is 137 Å². The molecular formula is C35H43BrClF3N4O6S3. The van der Waals surface area contributed by atoms with Crippen LogP contribution < -0.4 is 9.62 Å². The van der Waals surface area contributed by atoms with Gasteiger partial charge in [-0.05, 0) is 83.6 Å². The lowest BCUT2D eigenvalue weighted by molar-refractivity contribution is -0.139. The second kappa shape index (κ2) is 18.1. The number of aliphatic carboxylic acids is 1. The highest BCUT2D eigenvalue weighted by Gasteiger charge is 2.43. The molecule has 2 N–H and O–H groups in total. The first-order chi connectivity index (χ1) is 25.1. The van der Waals surface area contributed by atoms with Gasteiger partial charge in [0.15, 0.2) is 0 Å². The fourth-order valence-corrected chi connectivity index (χ4v) is 13.1. The summed E-state index contributed by atoms with van der Waals surface area (Å²) in [6.45, 7) is 0.802. The third-order valence-corrected chi connectivity index (χ3v) is 16.9. The van der Waals surface area contributed by atoms with Crippen molar-refractivity contribution in [3.8, 4) is 0 Å². The van der Waals surface area contributed by atoms with E-state index in [1.165, 1.54) is 27.5 Å². The van der Waals surface area contributed by atoms with Crippen LogP contribution in [-0.2, 0) is 37.4 Å². The summed E-state index contributed by atoms with van der Waals surface area (Å²) in [6, 6.07) is 10.8. The fourth-order valence-electron chi connectivity index (χ4n) is 7.24. The normalized spacial score (nSPS) is 20.1. The van der Waals surface area contributed by atoms with Crippen molar-refractivity contribution < 1.29 is 39.9 Å². The molecule has 1 aromatic carbocycles. The van der Waals surface area contributed by atoms with E-state index in [1.807, 2.05) is 0 Å². The van der Waals surface area contributed by atoms with Gasteiger partial charge in [-0.15, -0.1) is 11.3 Å². The number of carboxylic acids is 1. The molecule has 0 amide bonds. The van der Waals surface area contributed by atoms with Gasteiger partial charge < -0.3 is 10.0 Å². The van der Waals surface area contributed by atoms with Gasteiger partial charge in [0.2, 0.25) is 10.0 Å². The molecule has 2 aliphatic heterocycles. The summed E-state index contributed by atoms with van der Waals surface area (Å²) >= 11 is 10.4. The summed E-state index contributed by atoms with van der Waals surface area (Å²) < 4.78 is 101. The maximum absolute atomic E-state index is 14.0. The Balaban J connectivity index is 1.17. The SMILES string of the molecule is O=C(O)C(Cc1ccccc1)NS(=O)(=O)C1CN(c2ncccc2C(F)(F)F)CCC1CCCCCCC1CCN(S(=O)(=O)c2cc(Br)c(Cl)s2)CC1. The standard InChI is InChI=1S/C35H43BrClF3N4O6S3/c36-28-22-31(51-32(28)37)53(49,50)44-19-14-24(15-20-44)9-4-1-2-7-12-26-16-18-43(33-27(35(38,39)40)13-8-17-41-33)23-30(26)52(47,48)42-29(34(45)46)21-25-10-5-3-6-11-25/h3,5-6,8,10-11,13,17,22,24,26,29-30,42H,1-2,4,7,9,12,14-16,18-21,23H2,(H,45,46). The van der Waals surface area contributed by atoms with E-state index in [0.717, 1.165) is 55.9 Å². The number of sulfonamides is 2. The Morgan fingerprint density at radius 1 is 1.00 bits per heavy atom. The van der Waals surface area contributed by atoms with Crippen LogP contribution in [0, 0.1) is 11.8 Å². The van der Waals surface area contributed by atoms with Crippen molar-refractivity contribution >= 4 is 70.7 Å². The first kappa shape index (κ1) is 41.9. The first-order valence-electron chi connectivity index (χ1n) is 17.6. The number of pyridine rings is 1. The van der Waals surface area contributed by atoms with E-state index in [4.69, 9.17) is 11.6 Å². The summed E-state index contributed by atoms with van der Waals surface area (Å²) in [5.74, 6) is -1.70. The number of carboxylic acid groups (broad SMARTS) is 1. The van der Waals surface area contributed by atoms with E-state index < -0.39 is 55.0 Å². The van der Waals surface area contributed by atoms with Crippen LogP contribution in [0.15, 0.2) is 63.4 Å². The molecule has 3 aromatic rings. The van der Waals surface area contributed by atoms with Crippen molar-refractivity contribution in [2.24, 2.45) is 11.8 Å². The Bertz CT molecular complexity index is 1890. The molecule has 5 rings (SSSR count). The number of thiophene rings is 1. The average Bonchev–Trinajstić information content (AvgIpc) is 3.47. The highest BCUT2D eigenvalue weighted by atomic mass is 79.9. The zero-order valence-electron chi connectivity index (χ0n) is 28.8. The summed E-state index contributed by atoms with van der Waals surface area (Å²) in [7, 11) is -7.91. The summed E-state index contributed by atoms with van der Waals surface area (Å²) in [6.07, 6.45) is 3.11. The van der Waals surface area contributed by atoms with Gasteiger partial charge in [0.05, 0.1) is 10.8 Å². The number of halogens is 5. The van der Waals surface area contributed by atoms with Gasteiger partial charge >= 0.3 is 12.1 Å². The molecule has 292 valence electrons. The third-order valence-electron chi connectivity index (χ3n) is 10.1. The molecule has 0 bridgehead atoms. The third kappa shape index (κ3) is 10.9. The summed E-state index contributed by atoms with van der Waals surface area (Å²) in [4.78, 5) is 17.5. The van der Waals surface area contributed by atoms with Gasteiger partial charge in [-0.1, -0.05) is 74.0 Å². The van der Waals surface area contributed by atoms with E-state index in [0.29, 0.717) is 52.6 Å². The smallest absolute Gasteiger partial charge is 0.419 e. The molecule has 2 aliphatic rings. The van der Waals surface area contributed by atoms with Crippen LogP contribution in [0.5, 0.6) is 0 Å². The molecule has 3 atom stereocenters. The molecule has 3 unspecified atom stereocenters. The van der Waals surface area contributed by atoms with Crippen LogP contribution in [0.4, 0.5) is 19.0 Å². The fraction of sp³-hybridized carbons (Fsp3) is 0.543. The Kier molecular flexibility index (Phi) is 14.3. The van der Waals surface area contributed by atoms with Crippen molar-refractivity contribution in [1.82, 2.24) is 14.0 Å². The number of alkyl halides is 3. The highest BCUT2D eigenvalue weighted by molar-refractivity contribution is 9.10. The van der Waals surface area contributed by atoms with E-state index in [9.17, 15) is 39.9 Å². The first-order valence-corrected chi connectivity index (χ1v) is 22.5. The van der Waals surface area contributed by atoms with Gasteiger partial charge in [0, 0.05) is 36.8 Å².